The van der Waals surface area contributed by atoms with E-state index in [9.17, 15) is 48.3 Å². The fourth-order valence-electron chi connectivity index (χ4n) is 6.16. The summed E-state index contributed by atoms with van der Waals surface area (Å²) < 4.78 is 61.9. The molecule has 2 saturated heterocycles. The van der Waals surface area contributed by atoms with Crippen molar-refractivity contribution in [3.8, 4) is 5.75 Å². The number of Topliss-reactive ketones (excluding diaryl/α,β-unsaturated/α-hetero) is 1. The zero-order valence-corrected chi connectivity index (χ0v) is 31.6. The lowest BCUT2D eigenvalue weighted by atomic mass is 9.92. The van der Waals surface area contributed by atoms with E-state index in [0.717, 1.165) is 54.5 Å². The molecule has 4 rings (SSSR count). The van der Waals surface area contributed by atoms with E-state index in [-0.39, 0.29) is 11.1 Å². The van der Waals surface area contributed by atoms with Crippen LogP contribution in [-0.2, 0) is 85.7 Å². The summed E-state index contributed by atoms with van der Waals surface area (Å²) in [5.41, 5.74) is -0.546. The van der Waals surface area contributed by atoms with Crippen molar-refractivity contribution in [1.82, 2.24) is 0 Å². The molecular formula is C36H40O21. The van der Waals surface area contributed by atoms with Gasteiger partial charge in [0.2, 0.25) is 18.2 Å². The molecule has 3 aliphatic rings. The van der Waals surface area contributed by atoms with Crippen LogP contribution in [0.1, 0.15) is 69.2 Å². The third-order valence-electron chi connectivity index (χ3n) is 8.15. The van der Waals surface area contributed by atoms with Crippen molar-refractivity contribution < 1.29 is 100 Å². The van der Waals surface area contributed by atoms with Crippen LogP contribution in [-0.4, -0.2) is 133 Å². The zero-order chi connectivity index (χ0) is 42.3. The van der Waals surface area contributed by atoms with Gasteiger partial charge in [-0.1, -0.05) is 6.07 Å². The van der Waals surface area contributed by atoms with Crippen LogP contribution >= 0.6 is 0 Å². The third kappa shape index (κ3) is 11.1. The van der Waals surface area contributed by atoms with Crippen molar-refractivity contribution >= 4 is 53.4 Å². The molecule has 2 fully saturated rings. The van der Waals surface area contributed by atoms with Gasteiger partial charge >= 0.3 is 41.8 Å². The van der Waals surface area contributed by atoms with Crippen LogP contribution in [0.3, 0.4) is 0 Å². The number of fused-ring (bicyclic) bond motifs is 1. The highest BCUT2D eigenvalue weighted by atomic mass is 16.8. The van der Waals surface area contributed by atoms with E-state index >= 15 is 0 Å². The van der Waals surface area contributed by atoms with Gasteiger partial charge < -0.3 is 57.2 Å². The molecule has 2 heterocycles. The van der Waals surface area contributed by atoms with Gasteiger partial charge in [0.1, 0.15) is 37.3 Å². The summed E-state index contributed by atoms with van der Waals surface area (Å²) in [6.07, 6.45) is -16.7. The lowest BCUT2D eigenvalue weighted by molar-refractivity contribution is -0.358. The van der Waals surface area contributed by atoms with Gasteiger partial charge in [-0.3, -0.25) is 43.2 Å². The minimum atomic E-state index is -1.92. The second kappa shape index (κ2) is 18.8. The summed E-state index contributed by atoms with van der Waals surface area (Å²) >= 11 is 0. The van der Waals surface area contributed by atoms with Crippen LogP contribution in [0, 0.1) is 0 Å². The molecule has 1 aromatic carbocycles. The second-order valence-electron chi connectivity index (χ2n) is 12.7. The molecule has 21 nitrogen and oxygen atoms in total. The van der Waals surface area contributed by atoms with Crippen molar-refractivity contribution in [2.24, 2.45) is 0 Å². The molecule has 0 spiro atoms. The Balaban J connectivity index is 1.83. The SMILES string of the molecule is CC(=O)OC[C@@H]1O[C@@H](O[C@@H]2[C@H](OC(C)=O)[C@H](OC(C)=O)[C@H](OC3=CC(=O)c4c(O)cccc4C3=O)O[C@@H]2COC(C)=O)[C@H](OC(C)=O)[C@H](OC(C)=O)[C@@H]1OC(C)=O. The Morgan fingerprint density at radius 3 is 1.53 bits per heavy atom. The first-order valence-corrected chi connectivity index (χ1v) is 17.2. The lowest BCUT2D eigenvalue weighted by Gasteiger charge is -2.48. The topological polar surface area (TPSA) is 275 Å². The van der Waals surface area contributed by atoms with Crippen molar-refractivity contribution in [3.63, 3.8) is 0 Å². The number of carbonyl (C=O) groups excluding carboxylic acids is 9. The van der Waals surface area contributed by atoms with E-state index in [4.69, 9.17) is 52.1 Å². The Labute approximate surface area is 323 Å². The van der Waals surface area contributed by atoms with Crippen LogP contribution in [0.5, 0.6) is 5.75 Å². The Morgan fingerprint density at radius 1 is 0.579 bits per heavy atom. The van der Waals surface area contributed by atoms with Gasteiger partial charge in [0, 0.05) is 60.1 Å². The first kappa shape index (κ1) is 43.8. The molecule has 0 radical (unpaired) electrons. The molecule has 1 aliphatic carbocycles. The molecule has 10 atom stereocenters. The van der Waals surface area contributed by atoms with Crippen LogP contribution < -0.4 is 0 Å². The Hall–Kier alpha value is -5.93. The quantitative estimate of drug-likeness (QED) is 0.207. The average Bonchev–Trinajstić information content (AvgIpc) is 3.09. The van der Waals surface area contributed by atoms with E-state index in [1.54, 1.807) is 0 Å². The molecular weight excluding hydrogens is 768 g/mol. The van der Waals surface area contributed by atoms with E-state index in [1.165, 1.54) is 18.2 Å². The summed E-state index contributed by atoms with van der Waals surface area (Å²) in [6.45, 7) is 5.67. The van der Waals surface area contributed by atoms with Gasteiger partial charge in [0.15, 0.2) is 42.2 Å². The van der Waals surface area contributed by atoms with Crippen molar-refractivity contribution in [2.45, 2.75) is 110 Å². The number of ether oxygens (including phenoxy) is 11. The lowest BCUT2D eigenvalue weighted by Crippen LogP contribution is -2.67. The van der Waals surface area contributed by atoms with Crippen LogP contribution in [0.2, 0.25) is 0 Å². The predicted octanol–water partition coefficient (Wildman–Crippen LogP) is 0.291. The average molecular weight is 809 g/mol. The molecule has 0 saturated carbocycles. The number of phenols is 1. The summed E-state index contributed by atoms with van der Waals surface area (Å²) in [5, 5.41) is 10.2. The molecule has 1 N–H and O–H groups in total. The summed E-state index contributed by atoms with van der Waals surface area (Å²) in [5.74, 6) is -9.37. The highest BCUT2D eigenvalue weighted by molar-refractivity contribution is 6.24. The van der Waals surface area contributed by atoms with Crippen molar-refractivity contribution in [3.05, 3.63) is 41.2 Å². The Bertz CT molecular complexity index is 1820. The Morgan fingerprint density at radius 2 is 1.02 bits per heavy atom. The number of allylic oxidation sites excluding steroid dienone is 2. The largest absolute Gasteiger partial charge is 0.507 e. The first-order valence-electron chi connectivity index (χ1n) is 17.2. The molecule has 0 unspecified atom stereocenters. The maximum atomic E-state index is 13.5. The molecule has 1 aromatic rings. The van der Waals surface area contributed by atoms with E-state index < -0.39 is 139 Å². The highest BCUT2D eigenvalue weighted by Gasteiger charge is 2.58. The monoisotopic (exact) mass is 808 g/mol. The maximum absolute atomic E-state index is 13.5. The minimum Gasteiger partial charge on any atom is -0.507 e. The van der Waals surface area contributed by atoms with Crippen LogP contribution in [0.15, 0.2) is 30.0 Å². The fraction of sp³-hybridized carbons (Fsp3) is 0.528. The standard InChI is InChI=1S/C36H40O21/c1-14(37)47-12-25-29(49-16(3)39)31(50-17(4)40)34(53-20(7)43)36(56-25)57-30-26(13-48-15(2)38)55-35(33(52-19(6)42)32(30)51-18(5)41)54-24-11-23(45)27-21(28(24)46)9-8-10-22(27)44/h8-11,25-26,29-36,44H,12-13H2,1-7H3/t25-,26+,29+,30-,31+,32-,33-,34+,35+,36-/m0/s1. The molecule has 21 heteroatoms. The first-order chi connectivity index (χ1) is 26.8. The molecule has 2 aliphatic heterocycles. The smallest absolute Gasteiger partial charge is 0.303 e. The molecule has 57 heavy (non-hydrogen) atoms. The third-order valence-corrected chi connectivity index (χ3v) is 8.15. The van der Waals surface area contributed by atoms with Gasteiger partial charge in [-0.15, -0.1) is 0 Å². The number of aromatic hydroxyl groups is 1. The number of hydrogen-bond acceptors (Lipinski definition) is 21. The van der Waals surface area contributed by atoms with Gasteiger partial charge in [0.25, 0.3) is 0 Å². The number of phenolic OH excluding ortho intramolecular Hbond substituents is 1. The molecule has 0 aromatic heterocycles. The fourth-order valence-corrected chi connectivity index (χ4v) is 6.16. The normalized spacial score (nSPS) is 28.0. The van der Waals surface area contributed by atoms with Gasteiger partial charge in [0.05, 0.1) is 5.56 Å². The molecule has 310 valence electrons. The number of carbonyl (C=O) groups is 9. The van der Waals surface area contributed by atoms with Gasteiger partial charge in [-0.05, 0) is 12.1 Å². The number of rotatable bonds is 13. The number of ketones is 2. The maximum Gasteiger partial charge on any atom is 0.303 e. The van der Waals surface area contributed by atoms with Crippen LogP contribution in [0.25, 0.3) is 0 Å². The van der Waals surface area contributed by atoms with E-state index in [0.29, 0.717) is 0 Å². The molecule has 0 amide bonds. The summed E-state index contributed by atoms with van der Waals surface area (Å²) in [6, 6.07) is 3.75. The van der Waals surface area contributed by atoms with Crippen molar-refractivity contribution in [1.29, 1.82) is 0 Å². The van der Waals surface area contributed by atoms with E-state index in [1.807, 2.05) is 0 Å². The number of benzene rings is 1. The summed E-state index contributed by atoms with van der Waals surface area (Å²) in [4.78, 5) is 113. The summed E-state index contributed by atoms with van der Waals surface area (Å²) in [7, 11) is 0. The minimum absolute atomic E-state index is 0.241. The number of hydrogen-bond donors (Lipinski definition) is 1. The predicted molar refractivity (Wildman–Crippen MR) is 179 cm³/mol. The zero-order valence-electron chi connectivity index (χ0n) is 31.6. The molecule has 0 bridgehead atoms. The number of esters is 7. The van der Waals surface area contributed by atoms with E-state index in [2.05, 4.69) is 0 Å². The van der Waals surface area contributed by atoms with Crippen molar-refractivity contribution in [2.75, 3.05) is 13.2 Å². The second-order valence-corrected chi connectivity index (χ2v) is 12.7. The highest BCUT2D eigenvalue weighted by Crippen LogP contribution is 2.37. The van der Waals surface area contributed by atoms with Gasteiger partial charge in [-0.25, -0.2) is 0 Å². The van der Waals surface area contributed by atoms with Crippen LogP contribution in [0.4, 0.5) is 0 Å². The Kier molecular flexibility index (Phi) is 14.4. The van der Waals surface area contributed by atoms with Gasteiger partial charge in [-0.2, -0.15) is 0 Å².